The van der Waals surface area contributed by atoms with Crippen molar-refractivity contribution >= 4 is 6.09 Å². The molecule has 1 aliphatic carbocycles. The van der Waals surface area contributed by atoms with Crippen LogP contribution in [0.4, 0.5) is 4.79 Å². The first kappa shape index (κ1) is 18.8. The van der Waals surface area contributed by atoms with Gasteiger partial charge in [0.1, 0.15) is 6.61 Å². The van der Waals surface area contributed by atoms with Crippen LogP contribution >= 0.6 is 0 Å². The maximum atomic E-state index is 12.1. The maximum absolute atomic E-state index is 12.1. The van der Waals surface area contributed by atoms with E-state index in [1.807, 2.05) is 43.3 Å². The summed E-state index contributed by atoms with van der Waals surface area (Å²) in [5.74, 6) is 6.15. The summed E-state index contributed by atoms with van der Waals surface area (Å²) in [5.41, 5.74) is 8.17. The first-order valence-electron chi connectivity index (χ1n) is 9.78. The highest BCUT2D eigenvalue weighted by molar-refractivity contribution is 5.79. The van der Waals surface area contributed by atoms with E-state index in [2.05, 4.69) is 54.4 Å². The van der Waals surface area contributed by atoms with Gasteiger partial charge in [-0.25, -0.2) is 4.79 Å². The molecule has 1 aliphatic rings. The zero-order chi connectivity index (χ0) is 20.2. The molecule has 0 unspecified atom stereocenters. The van der Waals surface area contributed by atoms with Crippen molar-refractivity contribution in [2.45, 2.75) is 19.8 Å². The lowest BCUT2D eigenvalue weighted by Gasteiger charge is -2.14. The van der Waals surface area contributed by atoms with Gasteiger partial charge in [0.15, 0.2) is 0 Å². The van der Waals surface area contributed by atoms with E-state index >= 15 is 0 Å². The Balaban J connectivity index is 1.35. The minimum Gasteiger partial charge on any atom is -0.449 e. The van der Waals surface area contributed by atoms with E-state index < -0.39 is 6.09 Å². The highest BCUT2D eigenvalue weighted by Gasteiger charge is 2.28. The average molecular weight is 381 g/mol. The fourth-order valence-corrected chi connectivity index (χ4v) is 3.86. The molecular formula is C26H23NO2. The van der Waals surface area contributed by atoms with Crippen LogP contribution in [0.1, 0.15) is 33.7 Å². The lowest BCUT2D eigenvalue weighted by molar-refractivity contribution is 0.144. The number of carbonyl (C=O) groups excluding carboxylic acids is 1. The third-order valence-corrected chi connectivity index (χ3v) is 5.27. The van der Waals surface area contributed by atoms with E-state index in [0.717, 1.165) is 11.1 Å². The number of benzene rings is 3. The summed E-state index contributed by atoms with van der Waals surface area (Å²) in [6.07, 6.45) is -0.443. The summed E-state index contributed by atoms with van der Waals surface area (Å²) in [5, 5.41) is 2.72. The molecule has 0 aliphatic heterocycles. The van der Waals surface area contributed by atoms with Crippen molar-refractivity contribution in [3.05, 3.63) is 94.5 Å². The summed E-state index contributed by atoms with van der Waals surface area (Å²) in [7, 11) is 0. The largest absolute Gasteiger partial charge is 0.449 e. The third-order valence-electron chi connectivity index (χ3n) is 5.27. The second kappa shape index (κ2) is 8.24. The van der Waals surface area contributed by atoms with Gasteiger partial charge in [-0.2, -0.15) is 0 Å². The molecule has 0 aromatic heterocycles. The molecule has 144 valence electrons. The molecule has 3 nitrogen and oxygen atoms in total. The fraction of sp³-hybridized carbons (Fsp3) is 0.192. The number of fused-ring (bicyclic) bond motifs is 3. The Bertz CT molecular complexity index is 1080. The number of hydrogen-bond donors (Lipinski definition) is 1. The zero-order valence-electron chi connectivity index (χ0n) is 16.7. The number of nitrogens with one attached hydrogen (secondary N) is 1. The summed E-state index contributed by atoms with van der Waals surface area (Å²) in [4.78, 5) is 12.1. The van der Waals surface area contributed by atoms with Gasteiger partial charge in [0.05, 0.1) is 6.54 Å². The van der Waals surface area contributed by atoms with Gasteiger partial charge in [0, 0.05) is 11.5 Å². The number of ether oxygens (including phenoxy) is 1. The standard InChI is InChI=1S/C26H23NO2/c1-18-13-14-20(19(2)16-18)8-7-15-27-26(28)29-17-25-23-11-5-3-9-21(23)22-10-4-6-12-24(22)25/h3-6,9-14,16,25H,15,17H2,1-2H3,(H,27,28). The van der Waals surface area contributed by atoms with Crippen LogP contribution in [0.2, 0.25) is 0 Å². The second-order valence-corrected chi connectivity index (χ2v) is 7.30. The average Bonchev–Trinajstić information content (AvgIpc) is 3.05. The van der Waals surface area contributed by atoms with Crippen molar-refractivity contribution in [3.63, 3.8) is 0 Å². The molecule has 29 heavy (non-hydrogen) atoms. The third kappa shape index (κ3) is 4.02. The monoisotopic (exact) mass is 381 g/mol. The van der Waals surface area contributed by atoms with E-state index in [1.165, 1.54) is 27.8 Å². The molecule has 1 N–H and O–H groups in total. The van der Waals surface area contributed by atoms with Crippen LogP contribution in [0.25, 0.3) is 11.1 Å². The maximum Gasteiger partial charge on any atom is 0.407 e. The summed E-state index contributed by atoms with van der Waals surface area (Å²) in [6.45, 7) is 4.66. The normalized spacial score (nSPS) is 11.8. The van der Waals surface area contributed by atoms with E-state index in [4.69, 9.17) is 4.74 Å². The molecule has 1 amide bonds. The van der Waals surface area contributed by atoms with Crippen LogP contribution < -0.4 is 5.32 Å². The Hall–Kier alpha value is -3.51. The number of aryl methyl sites for hydroxylation is 2. The minimum absolute atomic E-state index is 0.0643. The molecule has 0 saturated carbocycles. The van der Waals surface area contributed by atoms with E-state index in [9.17, 15) is 4.79 Å². The minimum atomic E-state index is -0.443. The SMILES string of the molecule is Cc1ccc(C#CCNC(=O)OCC2c3ccccc3-c3ccccc32)c(C)c1. The van der Waals surface area contributed by atoms with Gasteiger partial charge in [0.2, 0.25) is 0 Å². The topological polar surface area (TPSA) is 38.3 Å². The van der Waals surface area contributed by atoms with Crippen molar-refractivity contribution in [2.75, 3.05) is 13.2 Å². The Kier molecular flexibility index (Phi) is 5.35. The van der Waals surface area contributed by atoms with Crippen molar-refractivity contribution in [1.29, 1.82) is 0 Å². The quantitative estimate of drug-likeness (QED) is 0.634. The second-order valence-electron chi connectivity index (χ2n) is 7.30. The van der Waals surface area contributed by atoms with Gasteiger partial charge in [-0.3, -0.25) is 0 Å². The van der Waals surface area contributed by atoms with Crippen LogP contribution in [0, 0.1) is 25.7 Å². The number of rotatable bonds is 3. The van der Waals surface area contributed by atoms with E-state index in [-0.39, 0.29) is 12.5 Å². The Morgan fingerprint density at radius 3 is 2.28 bits per heavy atom. The molecule has 0 bridgehead atoms. The summed E-state index contributed by atoms with van der Waals surface area (Å²) >= 11 is 0. The molecule has 0 atom stereocenters. The van der Waals surface area contributed by atoms with Gasteiger partial charge in [-0.15, -0.1) is 0 Å². The molecule has 4 rings (SSSR count). The van der Waals surface area contributed by atoms with Crippen molar-refractivity contribution < 1.29 is 9.53 Å². The number of amides is 1. The molecular weight excluding hydrogens is 358 g/mol. The van der Waals surface area contributed by atoms with Crippen molar-refractivity contribution in [3.8, 4) is 23.0 Å². The van der Waals surface area contributed by atoms with Crippen molar-refractivity contribution in [2.24, 2.45) is 0 Å². The van der Waals surface area contributed by atoms with Crippen molar-refractivity contribution in [1.82, 2.24) is 5.32 Å². The van der Waals surface area contributed by atoms with Crippen LogP contribution in [0.3, 0.4) is 0 Å². The Morgan fingerprint density at radius 1 is 0.966 bits per heavy atom. The molecule has 0 radical (unpaired) electrons. The van der Waals surface area contributed by atoms with E-state index in [1.54, 1.807) is 0 Å². The fourth-order valence-electron chi connectivity index (χ4n) is 3.86. The van der Waals surface area contributed by atoms with Crippen LogP contribution in [-0.4, -0.2) is 19.2 Å². The van der Waals surface area contributed by atoms with Gasteiger partial charge < -0.3 is 10.1 Å². The number of carbonyl (C=O) groups is 1. The summed E-state index contributed by atoms with van der Waals surface area (Å²) < 4.78 is 5.51. The summed E-state index contributed by atoms with van der Waals surface area (Å²) in [6, 6.07) is 22.7. The number of alkyl carbamates (subject to hydrolysis) is 1. The predicted molar refractivity (Wildman–Crippen MR) is 116 cm³/mol. The molecule has 3 heteroatoms. The highest BCUT2D eigenvalue weighted by atomic mass is 16.5. The first-order valence-corrected chi connectivity index (χ1v) is 9.78. The molecule has 0 heterocycles. The van der Waals surface area contributed by atoms with Gasteiger partial charge in [-0.05, 0) is 47.7 Å². The number of hydrogen-bond acceptors (Lipinski definition) is 2. The Morgan fingerprint density at radius 2 is 1.62 bits per heavy atom. The van der Waals surface area contributed by atoms with Crippen LogP contribution in [0.15, 0.2) is 66.7 Å². The smallest absolute Gasteiger partial charge is 0.407 e. The molecule has 0 saturated heterocycles. The molecule has 0 spiro atoms. The highest BCUT2D eigenvalue weighted by Crippen LogP contribution is 2.44. The van der Waals surface area contributed by atoms with Gasteiger partial charge in [0.25, 0.3) is 0 Å². The molecule has 3 aromatic carbocycles. The van der Waals surface area contributed by atoms with Crippen LogP contribution in [0.5, 0.6) is 0 Å². The van der Waals surface area contributed by atoms with Gasteiger partial charge >= 0.3 is 6.09 Å². The first-order chi connectivity index (χ1) is 14.1. The van der Waals surface area contributed by atoms with Crippen LogP contribution in [-0.2, 0) is 4.74 Å². The van der Waals surface area contributed by atoms with E-state index in [0.29, 0.717) is 6.61 Å². The lowest BCUT2D eigenvalue weighted by atomic mass is 9.98. The Labute approximate surface area is 171 Å². The zero-order valence-corrected chi connectivity index (χ0v) is 16.7. The molecule has 3 aromatic rings. The van der Waals surface area contributed by atoms with Gasteiger partial charge in [-0.1, -0.05) is 78.1 Å². The predicted octanol–water partition coefficient (Wildman–Crippen LogP) is 5.19. The molecule has 0 fully saturated rings. The lowest BCUT2D eigenvalue weighted by Crippen LogP contribution is -2.26.